The monoisotopic (exact) mass is 381 g/mol. The largest absolute Gasteiger partial charge is 0.494 e. The van der Waals surface area contributed by atoms with Gasteiger partial charge in [-0.25, -0.2) is 4.39 Å². The molecule has 1 fully saturated rings. The van der Waals surface area contributed by atoms with Crippen LogP contribution >= 0.6 is 12.4 Å². The molecule has 0 aliphatic carbocycles. The van der Waals surface area contributed by atoms with Gasteiger partial charge in [-0.3, -0.25) is 4.90 Å². The van der Waals surface area contributed by atoms with Gasteiger partial charge in [0.2, 0.25) is 0 Å². The van der Waals surface area contributed by atoms with Crippen LogP contribution in [0.15, 0.2) is 48.5 Å². The van der Waals surface area contributed by atoms with E-state index in [2.05, 4.69) is 4.90 Å². The average Bonchev–Trinajstić information content (AvgIpc) is 2.65. The Kier molecular flexibility index (Phi) is 8.68. The normalized spacial score (nSPS) is 14.5. The zero-order chi connectivity index (χ0) is 17.3. The van der Waals surface area contributed by atoms with E-state index in [1.165, 1.54) is 12.1 Å². The summed E-state index contributed by atoms with van der Waals surface area (Å²) in [5.74, 6) is 1.33. The van der Waals surface area contributed by atoms with Gasteiger partial charge in [0.25, 0.3) is 0 Å². The third-order valence-electron chi connectivity index (χ3n) is 4.11. The van der Waals surface area contributed by atoms with E-state index >= 15 is 0 Å². The minimum Gasteiger partial charge on any atom is -0.494 e. The maximum absolute atomic E-state index is 13.1. The van der Waals surface area contributed by atoms with Gasteiger partial charge in [-0.1, -0.05) is 12.1 Å². The molecule has 2 aromatic rings. The number of halogens is 2. The van der Waals surface area contributed by atoms with E-state index in [0.29, 0.717) is 13.2 Å². The third kappa shape index (κ3) is 6.83. The summed E-state index contributed by atoms with van der Waals surface area (Å²) >= 11 is 0. The van der Waals surface area contributed by atoms with Crippen molar-refractivity contribution in [3.05, 3.63) is 59.9 Å². The van der Waals surface area contributed by atoms with Gasteiger partial charge in [0.15, 0.2) is 0 Å². The number of hydrogen-bond donors (Lipinski definition) is 0. The fourth-order valence-corrected chi connectivity index (χ4v) is 2.73. The van der Waals surface area contributed by atoms with Gasteiger partial charge in [0.05, 0.1) is 19.8 Å². The smallest absolute Gasteiger partial charge is 0.123 e. The summed E-state index contributed by atoms with van der Waals surface area (Å²) in [6.45, 7) is 5.77. The molecule has 1 aliphatic rings. The van der Waals surface area contributed by atoms with Crippen LogP contribution in [-0.2, 0) is 11.3 Å². The molecule has 4 nitrogen and oxygen atoms in total. The van der Waals surface area contributed by atoms with Crippen LogP contribution in [0, 0.1) is 5.82 Å². The molecule has 0 atom stereocenters. The summed E-state index contributed by atoms with van der Waals surface area (Å²) in [6, 6.07) is 14.0. The summed E-state index contributed by atoms with van der Waals surface area (Å²) in [7, 11) is 0. The molecule has 0 radical (unpaired) electrons. The highest BCUT2D eigenvalue weighted by atomic mass is 35.5. The predicted octanol–water partition coefficient (Wildman–Crippen LogP) is 3.93. The molecular weight excluding hydrogens is 357 g/mol. The maximum atomic E-state index is 13.1. The first-order valence-corrected chi connectivity index (χ1v) is 8.70. The van der Waals surface area contributed by atoms with E-state index in [-0.39, 0.29) is 18.2 Å². The first kappa shape index (κ1) is 20.5. The first-order chi connectivity index (χ1) is 12.3. The summed E-state index contributed by atoms with van der Waals surface area (Å²) in [5.41, 5.74) is 0.809. The average molecular weight is 382 g/mol. The van der Waals surface area contributed by atoms with Crippen molar-refractivity contribution in [3.63, 3.8) is 0 Å². The molecule has 6 heteroatoms. The van der Waals surface area contributed by atoms with E-state index in [9.17, 15) is 4.39 Å². The highest BCUT2D eigenvalue weighted by Crippen LogP contribution is 2.19. The van der Waals surface area contributed by atoms with Crippen molar-refractivity contribution < 1.29 is 18.6 Å². The molecule has 0 amide bonds. The lowest BCUT2D eigenvalue weighted by Crippen LogP contribution is -2.37. The van der Waals surface area contributed by atoms with E-state index < -0.39 is 0 Å². The fraction of sp³-hybridized carbons (Fsp3) is 0.400. The van der Waals surface area contributed by atoms with Gasteiger partial charge in [0, 0.05) is 19.6 Å². The Labute approximate surface area is 160 Å². The summed E-state index contributed by atoms with van der Waals surface area (Å²) < 4.78 is 29.9. The van der Waals surface area contributed by atoms with Gasteiger partial charge in [0.1, 0.15) is 23.9 Å². The zero-order valence-corrected chi connectivity index (χ0v) is 15.6. The van der Waals surface area contributed by atoms with Crippen molar-refractivity contribution in [2.75, 3.05) is 39.5 Å². The zero-order valence-electron chi connectivity index (χ0n) is 14.7. The summed E-state index contributed by atoms with van der Waals surface area (Å²) in [4.78, 5) is 2.40. The molecular formula is C20H25ClFNO3. The van der Waals surface area contributed by atoms with Crippen molar-refractivity contribution in [2.24, 2.45) is 0 Å². The Balaban J connectivity index is 0.00000243. The number of benzene rings is 2. The van der Waals surface area contributed by atoms with Crippen LogP contribution in [-0.4, -0.2) is 44.4 Å². The van der Waals surface area contributed by atoms with E-state index in [1.807, 2.05) is 30.3 Å². The molecule has 3 rings (SSSR count). The quantitative estimate of drug-likeness (QED) is 0.648. The molecule has 0 N–H and O–H groups in total. The maximum Gasteiger partial charge on any atom is 0.123 e. The highest BCUT2D eigenvalue weighted by Gasteiger charge is 2.09. The van der Waals surface area contributed by atoms with Crippen LogP contribution in [0.4, 0.5) is 4.39 Å². The summed E-state index contributed by atoms with van der Waals surface area (Å²) in [6.07, 6.45) is 0.998. The topological polar surface area (TPSA) is 30.9 Å². The van der Waals surface area contributed by atoms with Crippen LogP contribution in [0.25, 0.3) is 0 Å². The van der Waals surface area contributed by atoms with Gasteiger partial charge < -0.3 is 14.2 Å². The molecule has 1 saturated heterocycles. The number of rotatable bonds is 8. The molecule has 1 heterocycles. The lowest BCUT2D eigenvalue weighted by molar-refractivity contribution is 0.0358. The number of morpholine rings is 1. The third-order valence-corrected chi connectivity index (χ3v) is 4.11. The molecule has 0 bridgehead atoms. The molecule has 0 saturated carbocycles. The minimum atomic E-state index is -0.248. The van der Waals surface area contributed by atoms with Crippen LogP contribution in [0.3, 0.4) is 0 Å². The Bertz CT molecular complexity index is 648. The molecule has 2 aromatic carbocycles. The predicted molar refractivity (Wildman–Crippen MR) is 102 cm³/mol. The molecule has 26 heavy (non-hydrogen) atoms. The lowest BCUT2D eigenvalue weighted by Gasteiger charge is -2.26. The lowest BCUT2D eigenvalue weighted by atomic mass is 10.2. The fourth-order valence-electron chi connectivity index (χ4n) is 2.73. The van der Waals surface area contributed by atoms with Crippen molar-refractivity contribution in [3.8, 4) is 11.5 Å². The second-order valence-corrected chi connectivity index (χ2v) is 6.05. The highest BCUT2D eigenvalue weighted by molar-refractivity contribution is 5.85. The Hall–Kier alpha value is -1.82. The van der Waals surface area contributed by atoms with Crippen LogP contribution in [0.5, 0.6) is 11.5 Å². The van der Waals surface area contributed by atoms with Crippen molar-refractivity contribution in [2.45, 2.75) is 13.0 Å². The number of hydrogen-bond acceptors (Lipinski definition) is 4. The van der Waals surface area contributed by atoms with Gasteiger partial charge >= 0.3 is 0 Å². The van der Waals surface area contributed by atoms with Crippen LogP contribution in [0.2, 0.25) is 0 Å². The van der Waals surface area contributed by atoms with Crippen LogP contribution in [0.1, 0.15) is 12.0 Å². The molecule has 1 aliphatic heterocycles. The van der Waals surface area contributed by atoms with E-state index in [4.69, 9.17) is 14.2 Å². The second-order valence-electron chi connectivity index (χ2n) is 6.05. The summed E-state index contributed by atoms with van der Waals surface area (Å²) in [5, 5.41) is 0. The number of nitrogens with zero attached hydrogens (tertiary/aromatic N) is 1. The standard InChI is InChI=1S/C20H24FNO3.ClH/c21-18-4-1-3-17(15-18)16-25-20-7-5-19(6-8-20)24-12-2-9-22-10-13-23-14-11-22;/h1,3-8,15H,2,9-14,16H2;1H. The second kappa shape index (κ2) is 11.0. The Morgan fingerprint density at radius 3 is 2.35 bits per heavy atom. The van der Waals surface area contributed by atoms with Gasteiger partial charge in [-0.15, -0.1) is 12.4 Å². The first-order valence-electron chi connectivity index (χ1n) is 8.70. The van der Waals surface area contributed by atoms with E-state index in [1.54, 1.807) is 6.07 Å². The minimum absolute atomic E-state index is 0. The van der Waals surface area contributed by atoms with Crippen molar-refractivity contribution in [1.29, 1.82) is 0 Å². The SMILES string of the molecule is Cl.Fc1cccc(COc2ccc(OCCCN3CCOCC3)cc2)c1. The van der Waals surface area contributed by atoms with Crippen molar-refractivity contribution >= 4 is 12.4 Å². The Morgan fingerprint density at radius 1 is 0.962 bits per heavy atom. The van der Waals surface area contributed by atoms with Crippen LogP contribution < -0.4 is 9.47 Å². The molecule has 142 valence electrons. The number of ether oxygens (including phenoxy) is 3. The molecule has 0 spiro atoms. The van der Waals surface area contributed by atoms with Crippen molar-refractivity contribution in [1.82, 2.24) is 4.90 Å². The van der Waals surface area contributed by atoms with E-state index in [0.717, 1.165) is 56.3 Å². The molecule has 0 aromatic heterocycles. The molecule has 0 unspecified atom stereocenters. The van der Waals surface area contributed by atoms with Gasteiger partial charge in [-0.2, -0.15) is 0 Å². The van der Waals surface area contributed by atoms with Gasteiger partial charge in [-0.05, 0) is 48.4 Å². The Morgan fingerprint density at radius 2 is 1.65 bits per heavy atom.